The lowest BCUT2D eigenvalue weighted by molar-refractivity contribution is -0.0608. The van der Waals surface area contributed by atoms with Gasteiger partial charge < -0.3 is 13.7 Å². The van der Waals surface area contributed by atoms with Crippen LogP contribution in [0, 0.1) is 0 Å². The summed E-state index contributed by atoms with van der Waals surface area (Å²) in [5.41, 5.74) is 0.300. The van der Waals surface area contributed by atoms with Crippen LogP contribution < -0.4 is 0 Å². The van der Waals surface area contributed by atoms with E-state index in [0.29, 0.717) is 5.06 Å². The molecule has 9 heteroatoms. The van der Waals surface area contributed by atoms with Crippen LogP contribution in [0.3, 0.4) is 0 Å². The minimum absolute atomic E-state index is 0.0330. The first-order valence-corrected chi connectivity index (χ1v) is 6.72. The summed E-state index contributed by atoms with van der Waals surface area (Å²) in [6.07, 6.45) is 1.40. The maximum absolute atomic E-state index is 12.1. The van der Waals surface area contributed by atoms with Crippen LogP contribution >= 0.6 is 0 Å². The summed E-state index contributed by atoms with van der Waals surface area (Å²) in [6.45, 7) is 0. The van der Waals surface area contributed by atoms with Gasteiger partial charge in [-0.25, -0.2) is 4.79 Å². The fourth-order valence-corrected chi connectivity index (χ4v) is 2.18. The molecule has 3 aromatic rings. The van der Waals surface area contributed by atoms with Gasteiger partial charge >= 0.3 is 11.9 Å². The molecule has 1 aliphatic heterocycles. The van der Waals surface area contributed by atoms with Gasteiger partial charge in [-0.3, -0.25) is 9.59 Å². The quantitative estimate of drug-likeness (QED) is 0.668. The van der Waals surface area contributed by atoms with Crippen molar-refractivity contribution in [3.05, 3.63) is 59.7 Å². The molecule has 118 valence electrons. The molecule has 0 radical (unpaired) electrons. The van der Waals surface area contributed by atoms with E-state index in [9.17, 15) is 14.4 Å². The number of carbonyl (C=O) groups is 3. The third-order valence-electron chi connectivity index (χ3n) is 3.26. The standard InChI is InChI=1S/C15H7N3O6/c19-13-8-4-1-2-5-9(8)14(20)18(13)24-15(21)12-17-16-11(23-12)10-6-3-7-22-10/h1-7H. The molecule has 9 nitrogen and oxygen atoms in total. The van der Waals surface area contributed by atoms with Gasteiger partial charge in [0, 0.05) is 0 Å². The third kappa shape index (κ3) is 2.07. The number of hydrogen-bond acceptors (Lipinski definition) is 8. The van der Waals surface area contributed by atoms with Crippen LogP contribution in [0.15, 0.2) is 51.5 Å². The third-order valence-corrected chi connectivity index (χ3v) is 3.26. The van der Waals surface area contributed by atoms with Crippen molar-refractivity contribution in [2.75, 3.05) is 0 Å². The lowest BCUT2D eigenvalue weighted by Gasteiger charge is -2.10. The summed E-state index contributed by atoms with van der Waals surface area (Å²) >= 11 is 0. The highest BCUT2D eigenvalue weighted by Crippen LogP contribution is 2.24. The summed E-state index contributed by atoms with van der Waals surface area (Å²) in [5.74, 6) is -2.89. The minimum atomic E-state index is -1.13. The van der Waals surface area contributed by atoms with E-state index in [2.05, 4.69) is 10.2 Å². The summed E-state index contributed by atoms with van der Waals surface area (Å²) in [5, 5.41) is 7.51. The Morgan fingerprint density at radius 3 is 2.33 bits per heavy atom. The van der Waals surface area contributed by atoms with Crippen LogP contribution in [0.4, 0.5) is 0 Å². The second kappa shape index (κ2) is 5.16. The molecule has 0 saturated heterocycles. The Labute approximate surface area is 133 Å². The fraction of sp³-hybridized carbons (Fsp3) is 0. The summed E-state index contributed by atoms with van der Waals surface area (Å²) in [7, 11) is 0. The Balaban J connectivity index is 1.55. The average Bonchev–Trinajstić information content (AvgIpc) is 3.32. The highest BCUT2D eigenvalue weighted by atomic mass is 16.7. The van der Waals surface area contributed by atoms with Crippen LogP contribution in [-0.2, 0) is 4.84 Å². The lowest BCUT2D eigenvalue weighted by Crippen LogP contribution is -2.32. The Hall–Kier alpha value is -3.75. The Kier molecular flexibility index (Phi) is 2.98. The monoisotopic (exact) mass is 325 g/mol. The van der Waals surface area contributed by atoms with E-state index in [-0.39, 0.29) is 22.8 Å². The molecule has 0 N–H and O–H groups in total. The molecule has 0 fully saturated rings. The number of benzene rings is 1. The van der Waals surface area contributed by atoms with Crippen LogP contribution in [0.25, 0.3) is 11.7 Å². The smallest absolute Gasteiger partial charge is 0.421 e. The molecule has 0 atom stereocenters. The first-order chi connectivity index (χ1) is 11.6. The van der Waals surface area contributed by atoms with Crippen molar-refractivity contribution < 1.29 is 28.1 Å². The SMILES string of the molecule is O=C(ON1C(=O)c2ccccc2C1=O)c1nnc(-c2ccco2)o1. The zero-order chi connectivity index (χ0) is 16.7. The summed E-state index contributed by atoms with van der Waals surface area (Å²) in [6, 6.07) is 9.30. The van der Waals surface area contributed by atoms with Gasteiger partial charge in [-0.05, 0) is 24.3 Å². The maximum Gasteiger partial charge on any atom is 0.421 e. The zero-order valence-corrected chi connectivity index (χ0v) is 11.8. The van der Waals surface area contributed by atoms with E-state index >= 15 is 0 Å². The number of furan rings is 1. The van der Waals surface area contributed by atoms with Crippen LogP contribution in [-0.4, -0.2) is 33.0 Å². The molecule has 0 aliphatic carbocycles. The van der Waals surface area contributed by atoms with E-state index in [1.807, 2.05) is 0 Å². The highest BCUT2D eigenvalue weighted by Gasteiger charge is 2.39. The molecule has 2 aromatic heterocycles. The molecular weight excluding hydrogens is 318 g/mol. The topological polar surface area (TPSA) is 116 Å². The van der Waals surface area contributed by atoms with Gasteiger partial charge in [0.1, 0.15) is 0 Å². The number of fused-ring (bicyclic) bond motifs is 1. The summed E-state index contributed by atoms with van der Waals surface area (Å²) in [4.78, 5) is 41.1. The number of aromatic nitrogens is 2. The molecule has 3 heterocycles. The van der Waals surface area contributed by atoms with Gasteiger partial charge in [-0.1, -0.05) is 17.2 Å². The van der Waals surface area contributed by atoms with E-state index in [1.165, 1.54) is 18.4 Å². The predicted octanol–water partition coefficient (Wildman–Crippen LogP) is 1.70. The van der Waals surface area contributed by atoms with Gasteiger partial charge in [0.25, 0.3) is 17.7 Å². The average molecular weight is 325 g/mol. The second-order valence-electron chi connectivity index (χ2n) is 4.72. The number of hydrogen-bond donors (Lipinski definition) is 0. The number of carbonyl (C=O) groups excluding carboxylic acids is 3. The molecular formula is C15H7N3O6. The molecule has 1 aliphatic rings. The number of hydroxylamine groups is 2. The van der Waals surface area contributed by atoms with E-state index in [4.69, 9.17) is 13.7 Å². The van der Waals surface area contributed by atoms with Crippen LogP contribution in [0.2, 0.25) is 0 Å². The van der Waals surface area contributed by atoms with Crippen molar-refractivity contribution in [1.29, 1.82) is 0 Å². The molecule has 4 rings (SSSR count). The molecule has 2 amide bonds. The highest BCUT2D eigenvalue weighted by molar-refractivity contribution is 6.21. The number of nitrogens with zero attached hydrogens (tertiary/aromatic N) is 3. The van der Waals surface area contributed by atoms with Gasteiger partial charge in [-0.15, -0.1) is 10.2 Å². The Bertz CT molecular complexity index is 924. The van der Waals surface area contributed by atoms with Crippen molar-refractivity contribution >= 4 is 17.8 Å². The first-order valence-electron chi connectivity index (χ1n) is 6.72. The maximum atomic E-state index is 12.1. The summed E-state index contributed by atoms with van der Waals surface area (Å²) < 4.78 is 10.2. The van der Waals surface area contributed by atoms with E-state index in [1.54, 1.807) is 24.3 Å². The van der Waals surface area contributed by atoms with Crippen molar-refractivity contribution in [3.63, 3.8) is 0 Å². The van der Waals surface area contributed by atoms with Crippen molar-refractivity contribution in [1.82, 2.24) is 15.3 Å². The van der Waals surface area contributed by atoms with Crippen molar-refractivity contribution in [2.45, 2.75) is 0 Å². The minimum Gasteiger partial charge on any atom is -0.459 e. The molecule has 0 spiro atoms. The van der Waals surface area contributed by atoms with E-state index < -0.39 is 23.7 Å². The largest absolute Gasteiger partial charge is 0.459 e. The molecule has 1 aromatic carbocycles. The molecule has 0 bridgehead atoms. The van der Waals surface area contributed by atoms with Gasteiger partial charge in [0.15, 0.2) is 5.76 Å². The van der Waals surface area contributed by atoms with E-state index in [0.717, 1.165) is 0 Å². The normalized spacial score (nSPS) is 13.2. The van der Waals surface area contributed by atoms with Crippen LogP contribution in [0.5, 0.6) is 0 Å². The number of imide groups is 1. The lowest BCUT2D eigenvalue weighted by atomic mass is 10.1. The van der Waals surface area contributed by atoms with Gasteiger partial charge in [0.05, 0.1) is 17.4 Å². The van der Waals surface area contributed by atoms with Crippen molar-refractivity contribution in [2.24, 2.45) is 0 Å². The fourth-order valence-electron chi connectivity index (χ4n) is 2.18. The van der Waals surface area contributed by atoms with Gasteiger partial charge in [0.2, 0.25) is 0 Å². The first kappa shape index (κ1) is 13.9. The number of rotatable bonds is 3. The van der Waals surface area contributed by atoms with Gasteiger partial charge in [-0.2, -0.15) is 0 Å². The van der Waals surface area contributed by atoms with Crippen molar-refractivity contribution in [3.8, 4) is 11.7 Å². The molecule has 24 heavy (non-hydrogen) atoms. The molecule has 0 saturated carbocycles. The second-order valence-corrected chi connectivity index (χ2v) is 4.72. The number of amides is 2. The Morgan fingerprint density at radius 1 is 1.00 bits per heavy atom. The Morgan fingerprint density at radius 2 is 1.71 bits per heavy atom. The van der Waals surface area contributed by atoms with Crippen LogP contribution in [0.1, 0.15) is 31.4 Å². The predicted molar refractivity (Wildman–Crippen MR) is 74.4 cm³/mol. The molecule has 0 unspecified atom stereocenters. The zero-order valence-electron chi connectivity index (χ0n) is 11.8.